The van der Waals surface area contributed by atoms with Gasteiger partial charge in [-0.1, -0.05) is 6.07 Å². The third-order valence-corrected chi connectivity index (χ3v) is 3.62. The van der Waals surface area contributed by atoms with Gasteiger partial charge in [-0.05, 0) is 44.4 Å². The molecule has 0 unspecified atom stereocenters. The van der Waals surface area contributed by atoms with E-state index in [1.165, 1.54) is 6.07 Å². The van der Waals surface area contributed by atoms with Crippen molar-refractivity contribution < 1.29 is 4.39 Å². The van der Waals surface area contributed by atoms with Crippen LogP contribution in [0.1, 0.15) is 35.7 Å². The summed E-state index contributed by atoms with van der Waals surface area (Å²) in [4.78, 5) is 8.93. The number of benzene rings is 1. The molecule has 0 amide bonds. The van der Waals surface area contributed by atoms with Crippen LogP contribution in [0.5, 0.6) is 0 Å². The van der Waals surface area contributed by atoms with Crippen molar-refractivity contribution >= 4 is 17.3 Å². The van der Waals surface area contributed by atoms with E-state index in [0.717, 1.165) is 29.8 Å². The summed E-state index contributed by atoms with van der Waals surface area (Å²) in [6, 6.07) is 5.05. The quantitative estimate of drug-likeness (QED) is 0.595. The number of nitrogens with two attached hydrogens (primary N) is 1. The Morgan fingerprint density at radius 2 is 1.90 bits per heavy atom. The minimum atomic E-state index is -0.303. The molecule has 5 nitrogen and oxygen atoms in total. The van der Waals surface area contributed by atoms with E-state index >= 15 is 0 Å². The number of nitrogen functional groups attached to an aromatic ring is 1. The molecule has 0 bridgehead atoms. The molecule has 0 aliphatic heterocycles. The van der Waals surface area contributed by atoms with Gasteiger partial charge in [0.05, 0.1) is 5.69 Å². The zero-order chi connectivity index (χ0) is 15.0. The van der Waals surface area contributed by atoms with Crippen LogP contribution < -0.4 is 16.6 Å². The number of halogens is 1. The van der Waals surface area contributed by atoms with Crippen LogP contribution in [-0.4, -0.2) is 9.97 Å². The van der Waals surface area contributed by atoms with E-state index in [2.05, 4.69) is 20.7 Å². The van der Waals surface area contributed by atoms with Gasteiger partial charge in [0.15, 0.2) is 0 Å². The van der Waals surface area contributed by atoms with Gasteiger partial charge >= 0.3 is 0 Å². The van der Waals surface area contributed by atoms with E-state index in [0.29, 0.717) is 23.2 Å². The molecule has 1 aromatic carbocycles. The van der Waals surface area contributed by atoms with Crippen LogP contribution >= 0.6 is 0 Å². The highest BCUT2D eigenvalue weighted by molar-refractivity contribution is 5.65. The lowest BCUT2D eigenvalue weighted by molar-refractivity contribution is 0.630. The van der Waals surface area contributed by atoms with E-state index in [-0.39, 0.29) is 5.82 Å². The van der Waals surface area contributed by atoms with Crippen LogP contribution in [0.15, 0.2) is 18.2 Å². The highest BCUT2D eigenvalue weighted by Crippen LogP contribution is 2.39. The Labute approximate surface area is 122 Å². The van der Waals surface area contributed by atoms with Crippen molar-refractivity contribution in [2.75, 3.05) is 10.7 Å². The Kier molecular flexibility index (Phi) is 3.47. The number of anilines is 3. The molecule has 110 valence electrons. The molecule has 1 fully saturated rings. The maximum atomic E-state index is 14.0. The largest absolute Gasteiger partial charge is 0.337 e. The molecule has 1 aromatic heterocycles. The zero-order valence-corrected chi connectivity index (χ0v) is 12.1. The summed E-state index contributed by atoms with van der Waals surface area (Å²) in [5.74, 6) is 7.51. The minimum absolute atomic E-state index is 0.303. The van der Waals surface area contributed by atoms with Gasteiger partial charge in [0.1, 0.15) is 23.3 Å². The lowest BCUT2D eigenvalue weighted by atomic mass is 10.2. The fourth-order valence-corrected chi connectivity index (χ4v) is 2.17. The number of rotatable bonds is 4. The van der Waals surface area contributed by atoms with Gasteiger partial charge < -0.3 is 10.7 Å². The Morgan fingerprint density at radius 1 is 1.19 bits per heavy atom. The Hall–Kier alpha value is -2.21. The minimum Gasteiger partial charge on any atom is -0.337 e. The van der Waals surface area contributed by atoms with Crippen molar-refractivity contribution in [2.24, 2.45) is 5.84 Å². The predicted molar refractivity (Wildman–Crippen MR) is 81.0 cm³/mol. The molecule has 1 aliphatic carbocycles. The SMILES string of the molecule is Cc1ccc(Nc2nc(C3CC3)nc(NN)c2C)c(F)c1. The fraction of sp³-hybridized carbons (Fsp3) is 0.333. The number of aryl methyl sites for hydroxylation is 1. The van der Waals surface area contributed by atoms with Gasteiger partial charge in [-0.25, -0.2) is 20.2 Å². The van der Waals surface area contributed by atoms with E-state index in [1.54, 1.807) is 6.07 Å². The monoisotopic (exact) mass is 287 g/mol. The first-order valence-electron chi connectivity index (χ1n) is 6.97. The molecule has 2 aromatic rings. The van der Waals surface area contributed by atoms with E-state index in [9.17, 15) is 4.39 Å². The maximum absolute atomic E-state index is 14.0. The average molecular weight is 287 g/mol. The first-order chi connectivity index (χ1) is 10.1. The van der Waals surface area contributed by atoms with Crippen LogP contribution in [-0.2, 0) is 0 Å². The molecule has 0 spiro atoms. The number of nitrogens with one attached hydrogen (secondary N) is 2. The second kappa shape index (κ2) is 5.29. The normalized spacial score (nSPS) is 14.1. The van der Waals surface area contributed by atoms with Crippen LogP contribution in [0.3, 0.4) is 0 Å². The zero-order valence-electron chi connectivity index (χ0n) is 12.1. The molecule has 0 radical (unpaired) electrons. The molecule has 0 atom stereocenters. The summed E-state index contributed by atoms with van der Waals surface area (Å²) in [5.41, 5.74) is 4.62. The van der Waals surface area contributed by atoms with Crippen molar-refractivity contribution in [3.63, 3.8) is 0 Å². The predicted octanol–water partition coefficient (Wildman–Crippen LogP) is 3.14. The molecular weight excluding hydrogens is 269 g/mol. The highest BCUT2D eigenvalue weighted by Gasteiger charge is 2.28. The molecule has 1 aliphatic rings. The third-order valence-electron chi connectivity index (χ3n) is 3.62. The summed E-state index contributed by atoms with van der Waals surface area (Å²) in [7, 11) is 0. The van der Waals surface area contributed by atoms with Gasteiger partial charge in [-0.2, -0.15) is 0 Å². The van der Waals surface area contributed by atoms with Gasteiger partial charge in [0.25, 0.3) is 0 Å². The first kappa shape index (κ1) is 13.8. The summed E-state index contributed by atoms with van der Waals surface area (Å²) < 4.78 is 14.0. The standard InChI is InChI=1S/C15H18FN5/c1-8-3-6-12(11(16)7-8)18-13-9(2)14(21-17)20-15(19-13)10-4-5-10/h3,6-7,10H,4-5,17H2,1-2H3,(H2,18,19,20,21). The maximum Gasteiger partial charge on any atom is 0.148 e. The summed E-state index contributed by atoms with van der Waals surface area (Å²) in [6.07, 6.45) is 2.18. The number of hydrazine groups is 1. The summed E-state index contributed by atoms with van der Waals surface area (Å²) in [5, 5.41) is 3.04. The van der Waals surface area contributed by atoms with Crippen molar-refractivity contribution in [1.29, 1.82) is 0 Å². The second-order valence-electron chi connectivity index (χ2n) is 5.43. The van der Waals surface area contributed by atoms with Crippen LogP contribution in [0.4, 0.5) is 21.7 Å². The van der Waals surface area contributed by atoms with Crippen molar-refractivity contribution in [3.8, 4) is 0 Å². The highest BCUT2D eigenvalue weighted by atomic mass is 19.1. The first-order valence-corrected chi connectivity index (χ1v) is 6.97. The van der Waals surface area contributed by atoms with Crippen LogP contribution in [0.2, 0.25) is 0 Å². The van der Waals surface area contributed by atoms with Gasteiger partial charge in [-0.15, -0.1) is 0 Å². The number of hydrogen-bond acceptors (Lipinski definition) is 5. The van der Waals surface area contributed by atoms with Crippen LogP contribution in [0.25, 0.3) is 0 Å². The van der Waals surface area contributed by atoms with Crippen molar-refractivity contribution in [2.45, 2.75) is 32.6 Å². The number of aromatic nitrogens is 2. The number of hydrogen-bond donors (Lipinski definition) is 3. The van der Waals surface area contributed by atoms with E-state index in [4.69, 9.17) is 5.84 Å². The fourth-order valence-electron chi connectivity index (χ4n) is 2.17. The molecule has 4 N–H and O–H groups in total. The smallest absolute Gasteiger partial charge is 0.148 e. The molecule has 21 heavy (non-hydrogen) atoms. The lowest BCUT2D eigenvalue weighted by Crippen LogP contribution is -2.14. The molecule has 0 saturated heterocycles. The Morgan fingerprint density at radius 3 is 2.52 bits per heavy atom. The molecule has 1 heterocycles. The molecule has 3 rings (SSSR count). The molecular formula is C15H18FN5. The van der Waals surface area contributed by atoms with E-state index < -0.39 is 0 Å². The van der Waals surface area contributed by atoms with Crippen molar-refractivity contribution in [3.05, 3.63) is 41.0 Å². The Balaban J connectivity index is 1.98. The topological polar surface area (TPSA) is 75.9 Å². The lowest BCUT2D eigenvalue weighted by Gasteiger charge is -2.14. The third kappa shape index (κ3) is 2.80. The second-order valence-corrected chi connectivity index (χ2v) is 5.43. The summed E-state index contributed by atoms with van der Waals surface area (Å²) >= 11 is 0. The molecule has 6 heteroatoms. The van der Waals surface area contributed by atoms with Gasteiger partial charge in [0.2, 0.25) is 0 Å². The molecule has 1 saturated carbocycles. The Bertz CT molecular complexity index is 682. The van der Waals surface area contributed by atoms with Crippen molar-refractivity contribution in [1.82, 2.24) is 9.97 Å². The van der Waals surface area contributed by atoms with Gasteiger partial charge in [-0.3, -0.25) is 0 Å². The van der Waals surface area contributed by atoms with Gasteiger partial charge in [0, 0.05) is 11.5 Å². The number of nitrogens with zero attached hydrogens (tertiary/aromatic N) is 2. The average Bonchev–Trinajstić information content (AvgIpc) is 3.28. The van der Waals surface area contributed by atoms with Crippen LogP contribution in [0, 0.1) is 19.7 Å². The van der Waals surface area contributed by atoms with E-state index in [1.807, 2.05) is 19.9 Å². The summed E-state index contributed by atoms with van der Waals surface area (Å²) in [6.45, 7) is 3.70.